The van der Waals surface area contributed by atoms with Crippen LogP contribution in [0.25, 0.3) is 11.3 Å². The van der Waals surface area contributed by atoms with E-state index in [1.165, 1.54) is 6.39 Å². The average Bonchev–Trinajstić information content (AvgIpc) is 2.74. The molecule has 0 fully saturated rings. The molecule has 2 heterocycles. The van der Waals surface area contributed by atoms with E-state index in [9.17, 15) is 0 Å². The molecule has 0 aliphatic heterocycles. The second kappa shape index (κ2) is 3.63. The van der Waals surface area contributed by atoms with Gasteiger partial charge in [-0.15, -0.1) is 0 Å². The smallest absolute Gasteiger partial charge is 0.181 e. The molecular formula is C9H12N4O. The number of hydrogen-bond donors (Lipinski definition) is 1. The van der Waals surface area contributed by atoms with Crippen LogP contribution >= 0.6 is 0 Å². The van der Waals surface area contributed by atoms with Crippen LogP contribution in [0, 0.1) is 0 Å². The molecule has 1 N–H and O–H groups in total. The van der Waals surface area contributed by atoms with Crippen LogP contribution in [0.3, 0.4) is 0 Å². The number of nitrogens with zero attached hydrogens (tertiary/aromatic N) is 3. The van der Waals surface area contributed by atoms with Gasteiger partial charge in [0.1, 0.15) is 5.69 Å². The van der Waals surface area contributed by atoms with Crippen molar-refractivity contribution in [2.24, 2.45) is 7.05 Å². The summed E-state index contributed by atoms with van der Waals surface area (Å²) < 4.78 is 7.05. The summed E-state index contributed by atoms with van der Waals surface area (Å²) in [4.78, 5) is 4.13. The summed E-state index contributed by atoms with van der Waals surface area (Å²) in [5, 5.41) is 7.12. The fourth-order valence-corrected chi connectivity index (χ4v) is 1.34. The van der Waals surface area contributed by atoms with E-state index in [1.54, 1.807) is 10.9 Å². The second-order valence-electron chi connectivity index (χ2n) is 3.06. The van der Waals surface area contributed by atoms with E-state index in [0.29, 0.717) is 6.54 Å². The van der Waals surface area contributed by atoms with Crippen molar-refractivity contribution in [1.29, 1.82) is 0 Å². The van der Waals surface area contributed by atoms with Crippen LogP contribution < -0.4 is 5.32 Å². The van der Waals surface area contributed by atoms with Gasteiger partial charge in [-0.2, -0.15) is 5.10 Å². The molecule has 0 atom stereocenters. The third-order valence-electron chi connectivity index (χ3n) is 1.95. The third-order valence-corrected chi connectivity index (χ3v) is 1.95. The normalized spacial score (nSPS) is 10.7. The number of rotatable bonds is 3. The van der Waals surface area contributed by atoms with Gasteiger partial charge in [0.25, 0.3) is 0 Å². The summed E-state index contributed by atoms with van der Waals surface area (Å²) >= 11 is 0. The Morgan fingerprint density at radius 3 is 3.07 bits per heavy atom. The highest BCUT2D eigenvalue weighted by molar-refractivity contribution is 5.57. The first kappa shape index (κ1) is 8.96. The minimum absolute atomic E-state index is 0.695. The zero-order valence-corrected chi connectivity index (χ0v) is 8.19. The summed E-state index contributed by atoms with van der Waals surface area (Å²) in [5.41, 5.74) is 1.86. The lowest BCUT2D eigenvalue weighted by Crippen LogP contribution is -2.06. The van der Waals surface area contributed by atoms with Crippen molar-refractivity contribution in [3.05, 3.63) is 24.5 Å². The van der Waals surface area contributed by atoms with Gasteiger partial charge in [0.2, 0.25) is 0 Å². The molecule has 0 aromatic carbocycles. The summed E-state index contributed by atoms with van der Waals surface area (Å²) in [6.45, 7) is 0.695. The molecule has 0 aliphatic rings. The van der Waals surface area contributed by atoms with Crippen LogP contribution in [0.15, 0.2) is 23.2 Å². The Hall–Kier alpha value is -1.62. The maximum Gasteiger partial charge on any atom is 0.181 e. The van der Waals surface area contributed by atoms with Gasteiger partial charge < -0.3 is 9.73 Å². The molecule has 2 rings (SSSR count). The Balaban J connectivity index is 2.36. The summed E-state index contributed by atoms with van der Waals surface area (Å²) in [6, 6.07) is 0. The van der Waals surface area contributed by atoms with Crippen LogP contribution in [-0.4, -0.2) is 21.8 Å². The first-order valence-corrected chi connectivity index (χ1v) is 4.37. The van der Waals surface area contributed by atoms with Crippen molar-refractivity contribution in [3.63, 3.8) is 0 Å². The van der Waals surface area contributed by atoms with Crippen LogP contribution in [0.4, 0.5) is 0 Å². The molecule has 74 valence electrons. The van der Waals surface area contributed by atoms with Crippen LogP contribution in [-0.2, 0) is 13.6 Å². The van der Waals surface area contributed by atoms with Gasteiger partial charge in [-0.05, 0) is 7.05 Å². The minimum Gasteiger partial charge on any atom is -0.443 e. The number of oxazole rings is 1. The SMILES string of the molecule is CNCc1ncoc1-c1cnn(C)c1. The fourth-order valence-electron chi connectivity index (χ4n) is 1.34. The first-order chi connectivity index (χ1) is 6.81. The highest BCUT2D eigenvalue weighted by Crippen LogP contribution is 2.21. The highest BCUT2D eigenvalue weighted by Gasteiger charge is 2.10. The Labute approximate surface area is 81.8 Å². The lowest BCUT2D eigenvalue weighted by atomic mass is 10.2. The van der Waals surface area contributed by atoms with E-state index in [-0.39, 0.29) is 0 Å². The minimum atomic E-state index is 0.695. The molecule has 5 heteroatoms. The van der Waals surface area contributed by atoms with Gasteiger partial charge >= 0.3 is 0 Å². The predicted molar refractivity (Wildman–Crippen MR) is 51.5 cm³/mol. The van der Waals surface area contributed by atoms with Crippen molar-refractivity contribution in [3.8, 4) is 11.3 Å². The van der Waals surface area contributed by atoms with Crippen molar-refractivity contribution in [1.82, 2.24) is 20.1 Å². The summed E-state index contributed by atoms with van der Waals surface area (Å²) in [6.07, 6.45) is 5.12. The van der Waals surface area contributed by atoms with E-state index >= 15 is 0 Å². The fraction of sp³-hybridized carbons (Fsp3) is 0.333. The molecular weight excluding hydrogens is 180 g/mol. The lowest BCUT2D eigenvalue weighted by molar-refractivity contribution is 0.570. The summed E-state index contributed by atoms with van der Waals surface area (Å²) in [5.74, 6) is 0.785. The van der Waals surface area contributed by atoms with E-state index < -0.39 is 0 Å². The largest absolute Gasteiger partial charge is 0.443 e. The third kappa shape index (κ3) is 1.54. The Morgan fingerprint density at radius 1 is 1.57 bits per heavy atom. The molecule has 2 aromatic heterocycles. The molecule has 0 amide bonds. The molecule has 0 unspecified atom stereocenters. The van der Waals surface area contributed by atoms with Gasteiger partial charge in [0, 0.05) is 19.8 Å². The van der Waals surface area contributed by atoms with Crippen LogP contribution in [0.2, 0.25) is 0 Å². The lowest BCUT2D eigenvalue weighted by Gasteiger charge is -1.96. The van der Waals surface area contributed by atoms with E-state index in [0.717, 1.165) is 17.0 Å². The maximum absolute atomic E-state index is 5.31. The highest BCUT2D eigenvalue weighted by atomic mass is 16.3. The summed E-state index contributed by atoms with van der Waals surface area (Å²) in [7, 11) is 3.75. The quantitative estimate of drug-likeness (QED) is 0.781. The van der Waals surface area contributed by atoms with E-state index in [4.69, 9.17) is 4.42 Å². The molecule has 0 bridgehead atoms. The monoisotopic (exact) mass is 192 g/mol. The zero-order chi connectivity index (χ0) is 9.97. The molecule has 0 spiro atoms. The molecule has 0 saturated carbocycles. The number of aryl methyl sites for hydroxylation is 1. The predicted octanol–water partition coefficient (Wildman–Crippen LogP) is 0.794. The number of hydrogen-bond acceptors (Lipinski definition) is 4. The number of nitrogens with one attached hydrogen (secondary N) is 1. The van der Waals surface area contributed by atoms with Crippen LogP contribution in [0.5, 0.6) is 0 Å². The molecule has 0 aliphatic carbocycles. The van der Waals surface area contributed by atoms with Crippen molar-refractivity contribution >= 4 is 0 Å². The van der Waals surface area contributed by atoms with Crippen molar-refractivity contribution in [2.45, 2.75) is 6.54 Å². The van der Waals surface area contributed by atoms with Gasteiger partial charge in [-0.3, -0.25) is 4.68 Å². The van der Waals surface area contributed by atoms with E-state index in [2.05, 4.69) is 15.4 Å². The molecule has 0 saturated heterocycles. The Morgan fingerprint density at radius 2 is 2.43 bits per heavy atom. The van der Waals surface area contributed by atoms with Crippen molar-refractivity contribution in [2.75, 3.05) is 7.05 Å². The Bertz CT molecular complexity index is 418. The number of aromatic nitrogens is 3. The van der Waals surface area contributed by atoms with Crippen molar-refractivity contribution < 1.29 is 4.42 Å². The van der Waals surface area contributed by atoms with Gasteiger partial charge in [0.15, 0.2) is 12.2 Å². The van der Waals surface area contributed by atoms with Gasteiger partial charge in [0.05, 0.1) is 11.8 Å². The molecule has 0 radical (unpaired) electrons. The zero-order valence-electron chi connectivity index (χ0n) is 8.19. The first-order valence-electron chi connectivity index (χ1n) is 4.37. The standard InChI is InChI=1S/C9H12N4O/c1-10-4-8-9(14-6-11-8)7-3-12-13(2)5-7/h3,5-6,10H,4H2,1-2H3. The van der Waals surface area contributed by atoms with Gasteiger partial charge in [-0.1, -0.05) is 0 Å². The molecule has 5 nitrogen and oxygen atoms in total. The maximum atomic E-state index is 5.31. The van der Waals surface area contributed by atoms with Crippen LogP contribution in [0.1, 0.15) is 5.69 Å². The topological polar surface area (TPSA) is 55.9 Å². The van der Waals surface area contributed by atoms with E-state index in [1.807, 2.05) is 20.3 Å². The average molecular weight is 192 g/mol. The second-order valence-corrected chi connectivity index (χ2v) is 3.06. The molecule has 14 heavy (non-hydrogen) atoms. The Kier molecular flexibility index (Phi) is 2.32. The van der Waals surface area contributed by atoms with Gasteiger partial charge in [-0.25, -0.2) is 4.98 Å². The molecule has 2 aromatic rings.